The molecule has 0 amide bonds. The van der Waals surface area contributed by atoms with Crippen LogP contribution in [0.1, 0.15) is 247 Å². The minimum atomic E-state index is -0.745. The van der Waals surface area contributed by atoms with Crippen molar-refractivity contribution in [1.29, 1.82) is 0 Å². The molecule has 296 valence electrons. The monoisotopic (exact) mass is 733 g/mol. The third-order valence-electron chi connectivity index (χ3n) is 9.25. The van der Waals surface area contributed by atoms with E-state index in [1.165, 1.54) is 205 Å². The van der Waals surface area contributed by atoms with Crippen molar-refractivity contribution < 1.29 is 19.8 Å². The molecule has 0 atom stereocenters. The van der Waals surface area contributed by atoms with Crippen molar-refractivity contribution >= 4 is 35.5 Å². The summed E-state index contributed by atoms with van der Waals surface area (Å²) in [5.41, 5.74) is 0. The Labute approximate surface area is 316 Å². The SMILES string of the molecule is C.CCC(=O)O.CCCCCCCCCCCCCCCCCCSC(CC(=O)O)SCCCCCCCCCCCCCCCCCC. The maximum absolute atomic E-state index is 11.3. The zero-order valence-corrected chi connectivity index (χ0v) is 34.2. The van der Waals surface area contributed by atoms with Gasteiger partial charge in [0.25, 0.3) is 0 Å². The third kappa shape index (κ3) is 52.1. The van der Waals surface area contributed by atoms with Gasteiger partial charge < -0.3 is 10.2 Å². The predicted molar refractivity (Wildman–Crippen MR) is 225 cm³/mol. The first-order chi connectivity index (χ1) is 23.5. The number of carboxylic acids is 2. The molecule has 2 N–H and O–H groups in total. The summed E-state index contributed by atoms with van der Waals surface area (Å²) < 4.78 is 0.241. The second kappa shape index (κ2) is 47.6. The van der Waals surface area contributed by atoms with Gasteiger partial charge in [0.1, 0.15) is 0 Å². The minimum absolute atomic E-state index is 0. The predicted octanol–water partition coefficient (Wildman–Crippen LogP) is 15.9. The lowest BCUT2D eigenvalue weighted by molar-refractivity contribution is -0.137. The van der Waals surface area contributed by atoms with Gasteiger partial charge in [-0.3, -0.25) is 9.59 Å². The summed E-state index contributed by atoms with van der Waals surface area (Å²) in [7, 11) is 0. The van der Waals surface area contributed by atoms with Crippen molar-refractivity contribution in [2.75, 3.05) is 11.5 Å². The molecule has 6 heteroatoms. The molecule has 0 radical (unpaired) electrons. The van der Waals surface area contributed by atoms with Gasteiger partial charge in [-0.25, -0.2) is 0 Å². The van der Waals surface area contributed by atoms with Gasteiger partial charge >= 0.3 is 11.9 Å². The van der Waals surface area contributed by atoms with Crippen LogP contribution in [-0.2, 0) is 9.59 Å². The lowest BCUT2D eigenvalue weighted by atomic mass is 10.0. The maximum Gasteiger partial charge on any atom is 0.305 e. The van der Waals surface area contributed by atoms with Crippen LogP contribution in [0, 0.1) is 0 Å². The van der Waals surface area contributed by atoms with E-state index >= 15 is 0 Å². The molecule has 0 aliphatic carbocycles. The Balaban J connectivity index is -0.00000326. The van der Waals surface area contributed by atoms with E-state index in [1.807, 2.05) is 23.5 Å². The van der Waals surface area contributed by atoms with Gasteiger partial charge in [-0.2, -0.15) is 0 Å². The summed E-state index contributed by atoms with van der Waals surface area (Å²) in [5, 5.41) is 17.1. The zero-order chi connectivity index (χ0) is 35.6. The van der Waals surface area contributed by atoms with Crippen LogP contribution < -0.4 is 0 Å². The van der Waals surface area contributed by atoms with Crippen molar-refractivity contribution in [2.45, 2.75) is 251 Å². The summed E-state index contributed by atoms with van der Waals surface area (Å²) in [6, 6.07) is 0. The number of thioether (sulfide) groups is 2. The fourth-order valence-corrected chi connectivity index (χ4v) is 8.79. The normalized spacial score (nSPS) is 10.9. The molecular formula is C43H88O4S2. The van der Waals surface area contributed by atoms with Crippen LogP contribution in [-0.4, -0.2) is 38.2 Å². The van der Waals surface area contributed by atoms with Crippen LogP contribution in [0.2, 0.25) is 0 Å². The highest BCUT2D eigenvalue weighted by atomic mass is 32.2. The van der Waals surface area contributed by atoms with E-state index in [2.05, 4.69) is 13.8 Å². The van der Waals surface area contributed by atoms with E-state index in [4.69, 9.17) is 5.11 Å². The summed E-state index contributed by atoms with van der Waals surface area (Å²) in [6.07, 6.45) is 45.4. The van der Waals surface area contributed by atoms with E-state index in [9.17, 15) is 14.7 Å². The average Bonchev–Trinajstić information content (AvgIpc) is 3.07. The van der Waals surface area contributed by atoms with E-state index in [0.717, 1.165) is 11.5 Å². The molecule has 0 saturated carbocycles. The fourth-order valence-electron chi connectivity index (χ4n) is 6.04. The van der Waals surface area contributed by atoms with Gasteiger partial charge in [0.2, 0.25) is 0 Å². The average molecular weight is 733 g/mol. The number of hydrogen-bond donors (Lipinski definition) is 2. The molecule has 0 saturated heterocycles. The molecule has 0 heterocycles. The molecule has 0 bridgehead atoms. The van der Waals surface area contributed by atoms with Gasteiger partial charge in [0.15, 0.2) is 0 Å². The first-order valence-electron chi connectivity index (χ1n) is 21.1. The summed E-state index contributed by atoms with van der Waals surface area (Å²) in [4.78, 5) is 20.7. The Kier molecular flexibility index (Phi) is 51.5. The molecule has 0 aliphatic heterocycles. The molecule has 0 unspecified atom stereocenters. The second-order valence-electron chi connectivity index (χ2n) is 14.1. The molecular weight excluding hydrogens is 645 g/mol. The van der Waals surface area contributed by atoms with Crippen molar-refractivity contribution in [3.8, 4) is 0 Å². The van der Waals surface area contributed by atoms with E-state index in [-0.39, 0.29) is 18.4 Å². The standard InChI is InChI=1S/C39H78O2S2.C3H6O2.CH4/c1-3-5-7-9-11-13-15-17-19-21-23-25-27-29-31-33-35-42-39(37-38(40)41)43-36-34-32-30-28-26-24-22-20-18-16-14-12-10-8-6-4-2;1-2-3(4)5;/h39H,3-37H2,1-2H3,(H,40,41);2H2,1H3,(H,4,5);1H4. The van der Waals surface area contributed by atoms with Crippen molar-refractivity contribution in [3.63, 3.8) is 0 Å². The maximum atomic E-state index is 11.3. The molecule has 0 fully saturated rings. The topological polar surface area (TPSA) is 74.6 Å². The Bertz CT molecular complexity index is 593. The van der Waals surface area contributed by atoms with Crippen LogP contribution in [0.4, 0.5) is 0 Å². The van der Waals surface area contributed by atoms with Crippen molar-refractivity contribution in [3.05, 3.63) is 0 Å². The summed E-state index contributed by atoms with van der Waals surface area (Å²) in [5.74, 6) is 0.874. The highest BCUT2D eigenvalue weighted by Crippen LogP contribution is 2.29. The molecule has 0 aromatic heterocycles. The smallest absolute Gasteiger partial charge is 0.305 e. The molecule has 0 aliphatic rings. The zero-order valence-electron chi connectivity index (χ0n) is 32.6. The molecule has 0 rings (SSSR count). The van der Waals surface area contributed by atoms with Crippen LogP contribution in [0.5, 0.6) is 0 Å². The third-order valence-corrected chi connectivity index (χ3v) is 12.2. The van der Waals surface area contributed by atoms with Crippen LogP contribution >= 0.6 is 23.5 Å². The highest BCUT2D eigenvalue weighted by Gasteiger charge is 2.14. The Morgan fingerprint density at radius 2 is 0.592 bits per heavy atom. The number of unbranched alkanes of at least 4 members (excludes halogenated alkanes) is 30. The summed E-state index contributed by atoms with van der Waals surface area (Å²) in [6.45, 7) is 6.19. The number of aliphatic carboxylic acids is 2. The van der Waals surface area contributed by atoms with Crippen LogP contribution in [0.3, 0.4) is 0 Å². The Morgan fingerprint density at radius 1 is 0.388 bits per heavy atom. The highest BCUT2D eigenvalue weighted by molar-refractivity contribution is 8.17. The quantitative estimate of drug-likeness (QED) is 0.0484. The summed E-state index contributed by atoms with van der Waals surface area (Å²) >= 11 is 3.81. The van der Waals surface area contributed by atoms with Crippen LogP contribution in [0.15, 0.2) is 0 Å². The lowest BCUT2D eigenvalue weighted by Crippen LogP contribution is -2.08. The van der Waals surface area contributed by atoms with Crippen LogP contribution in [0.25, 0.3) is 0 Å². The largest absolute Gasteiger partial charge is 0.481 e. The molecule has 0 aromatic rings. The van der Waals surface area contributed by atoms with Crippen molar-refractivity contribution in [1.82, 2.24) is 0 Å². The van der Waals surface area contributed by atoms with E-state index < -0.39 is 11.9 Å². The minimum Gasteiger partial charge on any atom is -0.481 e. The van der Waals surface area contributed by atoms with E-state index in [0.29, 0.717) is 6.42 Å². The van der Waals surface area contributed by atoms with Gasteiger partial charge in [-0.15, -0.1) is 23.5 Å². The Hall–Kier alpha value is -0.360. The van der Waals surface area contributed by atoms with Crippen molar-refractivity contribution in [2.24, 2.45) is 0 Å². The van der Waals surface area contributed by atoms with Gasteiger partial charge in [-0.05, 0) is 24.3 Å². The van der Waals surface area contributed by atoms with Gasteiger partial charge in [-0.1, -0.05) is 221 Å². The Morgan fingerprint density at radius 3 is 0.776 bits per heavy atom. The fraction of sp³-hybridized carbons (Fsp3) is 0.953. The van der Waals surface area contributed by atoms with E-state index in [1.54, 1.807) is 6.92 Å². The number of carboxylic acid groups (broad SMARTS) is 2. The molecule has 0 spiro atoms. The number of carbonyl (C=O) groups is 2. The first kappa shape index (κ1) is 53.0. The van der Waals surface area contributed by atoms with Gasteiger partial charge in [0, 0.05) is 6.42 Å². The number of hydrogen-bond acceptors (Lipinski definition) is 4. The molecule has 0 aromatic carbocycles. The molecule has 49 heavy (non-hydrogen) atoms. The first-order valence-corrected chi connectivity index (χ1v) is 23.2. The second-order valence-corrected chi connectivity index (χ2v) is 17.0. The molecule has 4 nitrogen and oxygen atoms in total. The number of rotatable bonds is 39. The van der Waals surface area contributed by atoms with Gasteiger partial charge in [0.05, 0.1) is 11.0 Å². The lowest BCUT2D eigenvalue weighted by Gasteiger charge is -2.14.